The third-order valence-electron chi connectivity index (χ3n) is 7.18. The summed E-state index contributed by atoms with van der Waals surface area (Å²) in [6.07, 6.45) is 12.8. The van der Waals surface area contributed by atoms with Gasteiger partial charge in [0.25, 0.3) is 5.56 Å². The minimum atomic E-state index is -0.0358. The van der Waals surface area contributed by atoms with Crippen LogP contribution in [-0.2, 0) is 13.5 Å². The molecule has 3 rings (SSSR count). The summed E-state index contributed by atoms with van der Waals surface area (Å²) in [6.45, 7) is 17.8. The molecular weight excluding hydrogens is 516 g/mol. The first-order valence-electron chi connectivity index (χ1n) is 13.9. The molecule has 1 aliphatic rings. The summed E-state index contributed by atoms with van der Waals surface area (Å²) in [4.78, 5) is 27.5. The number of allylic oxidation sites excluding steroid dienone is 3. The van der Waals surface area contributed by atoms with E-state index in [1.807, 2.05) is 64.7 Å². The van der Waals surface area contributed by atoms with E-state index >= 15 is 0 Å². The van der Waals surface area contributed by atoms with E-state index in [0.29, 0.717) is 0 Å². The van der Waals surface area contributed by atoms with Crippen LogP contribution in [0.4, 0.5) is 11.5 Å². The minimum Gasteiger partial charge on any atom is -0.378 e. The summed E-state index contributed by atoms with van der Waals surface area (Å²) in [5.41, 5.74) is 5.42. The lowest BCUT2D eigenvalue weighted by molar-refractivity contribution is 0.629. The highest BCUT2D eigenvalue weighted by atomic mass is 32.2. The van der Waals surface area contributed by atoms with Gasteiger partial charge in [0.15, 0.2) is 0 Å². The molecule has 1 N–H and O–H groups in total. The molecule has 8 heteroatoms. The third kappa shape index (κ3) is 8.01. The van der Waals surface area contributed by atoms with Crippen molar-refractivity contribution in [1.29, 1.82) is 0 Å². The monoisotopic (exact) mass is 560 g/mol. The topological polar surface area (TPSA) is 66.3 Å². The van der Waals surface area contributed by atoms with Crippen LogP contribution >= 0.6 is 11.8 Å². The Morgan fingerprint density at radius 2 is 1.77 bits per heavy atom. The van der Waals surface area contributed by atoms with Crippen molar-refractivity contribution >= 4 is 23.3 Å². The fraction of sp³-hybridized carbons (Fsp3) is 0.406. The molecule has 0 saturated carbocycles. The largest absolute Gasteiger partial charge is 0.378 e. The first kappa shape index (κ1) is 31.0. The molecule has 2 aromatic rings. The van der Waals surface area contributed by atoms with E-state index in [-0.39, 0.29) is 11.6 Å². The maximum absolute atomic E-state index is 13.2. The highest BCUT2D eigenvalue weighted by Gasteiger charge is 2.20. The highest BCUT2D eigenvalue weighted by Crippen LogP contribution is 2.26. The molecule has 7 nitrogen and oxygen atoms in total. The first-order valence-corrected chi connectivity index (χ1v) is 15.1. The second kappa shape index (κ2) is 14.7. The lowest BCUT2D eigenvalue weighted by atomic mass is 9.99. The quantitative estimate of drug-likeness (QED) is 0.389. The van der Waals surface area contributed by atoms with Crippen molar-refractivity contribution in [1.82, 2.24) is 19.9 Å². The van der Waals surface area contributed by atoms with Crippen LogP contribution in [0, 0.1) is 13.8 Å². The van der Waals surface area contributed by atoms with Crippen LogP contribution in [0.3, 0.4) is 0 Å². The number of aromatic nitrogens is 3. The number of thioether (sulfide) groups is 1. The molecule has 1 fully saturated rings. The number of anilines is 2. The van der Waals surface area contributed by atoms with Gasteiger partial charge in [0.1, 0.15) is 11.6 Å². The van der Waals surface area contributed by atoms with E-state index in [0.717, 1.165) is 66.1 Å². The Hall–Kier alpha value is -3.52. The maximum atomic E-state index is 13.2. The number of piperazine rings is 1. The van der Waals surface area contributed by atoms with Gasteiger partial charge in [-0.25, -0.2) is 9.97 Å². The van der Waals surface area contributed by atoms with Gasteiger partial charge in [0.2, 0.25) is 0 Å². The zero-order valence-electron chi connectivity index (χ0n) is 25.1. The predicted molar refractivity (Wildman–Crippen MR) is 172 cm³/mol. The van der Waals surface area contributed by atoms with Crippen LogP contribution in [0.25, 0.3) is 0 Å². The Labute approximate surface area is 244 Å². The summed E-state index contributed by atoms with van der Waals surface area (Å²) in [5, 5.41) is 3.70. The Balaban J connectivity index is 2.06. The van der Waals surface area contributed by atoms with Gasteiger partial charge >= 0.3 is 0 Å². The van der Waals surface area contributed by atoms with Crippen LogP contribution in [0.5, 0.6) is 0 Å². The number of aryl methyl sites for hydroxylation is 3. The Bertz CT molecular complexity index is 1350. The van der Waals surface area contributed by atoms with Crippen molar-refractivity contribution in [3.8, 4) is 0 Å². The van der Waals surface area contributed by atoms with Gasteiger partial charge in [0.05, 0.1) is 18.1 Å². The molecule has 0 radical (unpaired) electrons. The zero-order chi connectivity index (χ0) is 29.2. The predicted octanol–water partition coefficient (Wildman–Crippen LogP) is 5.79. The molecule has 0 spiro atoms. The van der Waals surface area contributed by atoms with Crippen LogP contribution in [0.1, 0.15) is 49.3 Å². The summed E-state index contributed by atoms with van der Waals surface area (Å²) in [7, 11) is 1.87. The van der Waals surface area contributed by atoms with Crippen molar-refractivity contribution in [2.24, 2.45) is 7.05 Å². The van der Waals surface area contributed by atoms with Gasteiger partial charge in [-0.3, -0.25) is 9.36 Å². The Morgan fingerprint density at radius 1 is 1.12 bits per heavy atom. The van der Waals surface area contributed by atoms with E-state index in [9.17, 15) is 4.79 Å². The van der Waals surface area contributed by atoms with E-state index < -0.39 is 0 Å². The molecule has 1 saturated heterocycles. The number of nitrogens with one attached hydrogen (secondary N) is 1. The van der Waals surface area contributed by atoms with Crippen molar-refractivity contribution in [3.05, 3.63) is 105 Å². The molecule has 0 unspecified atom stereocenters. The number of hydrogen-bond donors (Lipinski definition) is 1. The molecule has 0 amide bonds. The molecule has 0 aliphatic carbocycles. The van der Waals surface area contributed by atoms with Crippen LogP contribution in [0.15, 0.2) is 76.9 Å². The van der Waals surface area contributed by atoms with Gasteiger partial charge in [-0.1, -0.05) is 43.4 Å². The maximum Gasteiger partial charge on any atom is 0.251 e. The molecular formula is C32H44N6OS. The minimum absolute atomic E-state index is 0.0232. The van der Waals surface area contributed by atoms with E-state index in [1.54, 1.807) is 22.4 Å². The van der Waals surface area contributed by atoms with Gasteiger partial charge < -0.3 is 15.1 Å². The summed E-state index contributed by atoms with van der Waals surface area (Å²) >= 11 is 1.64. The van der Waals surface area contributed by atoms with Crippen molar-refractivity contribution in [2.45, 2.75) is 47.1 Å². The Morgan fingerprint density at radius 3 is 2.38 bits per heavy atom. The Kier molecular flexibility index (Phi) is 11.4. The second-order valence-electron chi connectivity index (χ2n) is 10.0. The first-order chi connectivity index (χ1) is 19.2. The van der Waals surface area contributed by atoms with E-state index in [4.69, 9.17) is 0 Å². The molecule has 40 heavy (non-hydrogen) atoms. The summed E-state index contributed by atoms with van der Waals surface area (Å²) in [5.74, 6) is 1.69. The molecule has 1 aliphatic heterocycles. The molecule has 214 valence electrons. The molecule has 0 aromatic carbocycles. The van der Waals surface area contributed by atoms with Gasteiger partial charge in [-0.05, 0) is 63.6 Å². The van der Waals surface area contributed by atoms with Crippen LogP contribution in [0.2, 0.25) is 0 Å². The number of rotatable bonds is 9. The zero-order valence-corrected chi connectivity index (χ0v) is 25.9. The fourth-order valence-electron chi connectivity index (χ4n) is 4.74. The SMILES string of the molecule is C=C(SC)/C(=C\C=C/C)N[C@H](C)c1cc(C)ccc(=O)n(C)c(N2CCN(c3cnc(C)nc3)CC2)cc1CC. The molecule has 0 bridgehead atoms. The van der Waals surface area contributed by atoms with Crippen molar-refractivity contribution < 1.29 is 0 Å². The lowest BCUT2D eigenvalue weighted by Crippen LogP contribution is -2.47. The molecule has 3 heterocycles. The van der Waals surface area contributed by atoms with Gasteiger partial charge in [-0.2, -0.15) is 0 Å². The molecule has 2 aromatic heterocycles. The van der Waals surface area contributed by atoms with Gasteiger partial charge in [-0.15, -0.1) is 11.8 Å². The smallest absolute Gasteiger partial charge is 0.251 e. The van der Waals surface area contributed by atoms with Crippen molar-refractivity contribution in [2.75, 3.05) is 42.2 Å². The number of hydrogen-bond acceptors (Lipinski definition) is 7. The standard InChI is InChI=1S/C32H44N6OS/c1-9-11-12-30(25(5)40-8)35-24(4)29-19-23(3)13-14-32(39)36(7)31(20-27(29)10-2)38-17-15-37(16-18-38)28-21-33-26(6)34-22-28/h9,11-14,19-22,24,35H,5,10,15-18H2,1-4,6-8H3/b11-9-,14-13?,23-19?,29-27?,30-12+,31-20?/t24-/m1/s1. The van der Waals surface area contributed by atoms with Crippen LogP contribution in [-0.4, -0.2) is 47.0 Å². The van der Waals surface area contributed by atoms with Crippen molar-refractivity contribution in [3.63, 3.8) is 0 Å². The normalized spacial score (nSPS) is 14.7. The summed E-state index contributed by atoms with van der Waals surface area (Å²) < 4.78 is 1.78. The molecule has 1 atom stereocenters. The lowest BCUT2D eigenvalue weighted by Gasteiger charge is -2.37. The van der Waals surface area contributed by atoms with E-state index in [2.05, 4.69) is 63.7 Å². The fourth-order valence-corrected chi connectivity index (χ4v) is 5.09. The average Bonchev–Trinajstić information content (AvgIpc) is 2.97. The van der Waals surface area contributed by atoms with Gasteiger partial charge in [0, 0.05) is 55.9 Å². The average molecular weight is 561 g/mol. The second-order valence-corrected chi connectivity index (χ2v) is 10.9. The van der Waals surface area contributed by atoms with Crippen LogP contribution < -0.4 is 20.7 Å². The van der Waals surface area contributed by atoms with E-state index in [1.165, 1.54) is 11.1 Å². The summed E-state index contributed by atoms with van der Waals surface area (Å²) in [6, 6.07) is 8.00. The third-order valence-corrected chi connectivity index (χ3v) is 7.89. The number of nitrogens with zero attached hydrogens (tertiary/aromatic N) is 5. The highest BCUT2D eigenvalue weighted by molar-refractivity contribution is 8.02.